The molecule has 22 heavy (non-hydrogen) atoms. The normalized spacial score (nSPS) is 25.6. The van der Waals surface area contributed by atoms with Gasteiger partial charge >= 0.3 is 0 Å². The lowest BCUT2D eigenvalue weighted by atomic mass is 10.2. The first-order valence-electron chi connectivity index (χ1n) is 6.55. The largest absolute Gasteiger partial charge is 0.378 e. The summed E-state index contributed by atoms with van der Waals surface area (Å²) in [4.78, 5) is 31.1. The van der Waals surface area contributed by atoms with Crippen molar-refractivity contribution in [3.63, 3.8) is 0 Å². The minimum atomic E-state index is -0.608. The van der Waals surface area contributed by atoms with Gasteiger partial charge in [0.05, 0.1) is 19.0 Å². The van der Waals surface area contributed by atoms with Gasteiger partial charge in [-0.15, -0.1) is 0 Å². The maximum absolute atomic E-state index is 11.8. The molecule has 1 aliphatic rings. The minimum absolute atomic E-state index is 0.0157. The summed E-state index contributed by atoms with van der Waals surface area (Å²) in [7, 11) is 0.973. The summed E-state index contributed by atoms with van der Waals surface area (Å²) in [5.74, 6) is 0.0157. The van der Waals surface area contributed by atoms with Crippen molar-refractivity contribution in [1.29, 1.82) is 0 Å². The molecule has 0 saturated carbocycles. The van der Waals surface area contributed by atoms with E-state index in [0.717, 1.165) is 0 Å². The van der Waals surface area contributed by atoms with E-state index in [9.17, 15) is 4.79 Å². The van der Waals surface area contributed by atoms with Crippen molar-refractivity contribution in [3.8, 4) is 0 Å². The van der Waals surface area contributed by atoms with Gasteiger partial charge in [0, 0.05) is 13.5 Å². The van der Waals surface area contributed by atoms with Crippen molar-refractivity contribution in [2.75, 3.05) is 19.5 Å². The van der Waals surface area contributed by atoms with Crippen LogP contribution in [0.4, 0.5) is 5.95 Å². The Morgan fingerprint density at radius 3 is 3.23 bits per heavy atom. The average molecular weight is 329 g/mol. The van der Waals surface area contributed by atoms with Gasteiger partial charge in [-0.3, -0.25) is 14.3 Å². The molecule has 0 aliphatic carbocycles. The number of hydrogen-bond acceptors (Lipinski definition) is 8. The van der Waals surface area contributed by atoms with Crippen LogP contribution in [0.25, 0.3) is 11.2 Å². The lowest BCUT2D eigenvalue weighted by molar-refractivity contribution is -0.0452. The Balaban J connectivity index is 1.90. The molecular formula is C11H16N5O5P. The quantitative estimate of drug-likeness (QED) is 0.626. The molecule has 3 rings (SSSR count). The zero-order valence-corrected chi connectivity index (χ0v) is 12.7. The number of hydrogen-bond donors (Lipinski definition) is 3. The maximum Gasteiger partial charge on any atom is 0.280 e. The molecule has 2 unspecified atom stereocenters. The lowest BCUT2D eigenvalue weighted by Crippen LogP contribution is -2.27. The summed E-state index contributed by atoms with van der Waals surface area (Å²) >= 11 is 0. The van der Waals surface area contributed by atoms with Gasteiger partial charge in [-0.2, -0.15) is 4.98 Å². The summed E-state index contributed by atoms with van der Waals surface area (Å²) in [6.07, 6.45) is 1.10. The third-order valence-corrected chi connectivity index (χ3v) is 3.85. The van der Waals surface area contributed by atoms with Crippen molar-refractivity contribution < 1.29 is 18.9 Å². The Bertz CT molecular complexity index is 718. The second kappa shape index (κ2) is 6.27. The molecule has 120 valence electrons. The summed E-state index contributed by atoms with van der Waals surface area (Å²) in [6, 6.07) is 0. The Labute approximate surface area is 126 Å². The van der Waals surface area contributed by atoms with Gasteiger partial charge in [-0.05, 0) is 0 Å². The summed E-state index contributed by atoms with van der Waals surface area (Å²) in [5.41, 5.74) is 5.73. The van der Waals surface area contributed by atoms with Gasteiger partial charge < -0.3 is 24.6 Å². The highest BCUT2D eigenvalue weighted by atomic mass is 31.1. The van der Waals surface area contributed by atoms with E-state index < -0.39 is 20.8 Å². The van der Waals surface area contributed by atoms with Gasteiger partial charge in [-0.1, -0.05) is 0 Å². The second-order valence-electron chi connectivity index (χ2n) is 4.82. The fourth-order valence-corrected chi connectivity index (χ4v) is 2.78. The number of H-pyrrole nitrogens is 1. The number of nitrogens with two attached hydrogens (primary N) is 1. The van der Waals surface area contributed by atoms with Crippen molar-refractivity contribution >= 4 is 26.1 Å². The van der Waals surface area contributed by atoms with Crippen LogP contribution >= 0.6 is 9.03 Å². The topological polar surface area (TPSA) is 138 Å². The molecule has 1 aliphatic heterocycles. The molecule has 2 aromatic heterocycles. The second-order valence-corrected chi connectivity index (χ2v) is 5.29. The summed E-state index contributed by atoms with van der Waals surface area (Å²) < 4.78 is 17.9. The molecule has 0 bridgehead atoms. The monoisotopic (exact) mass is 329 g/mol. The predicted molar refractivity (Wildman–Crippen MR) is 78.4 cm³/mol. The first kappa shape index (κ1) is 15.3. The van der Waals surface area contributed by atoms with Crippen LogP contribution in [0, 0.1) is 0 Å². The van der Waals surface area contributed by atoms with Gasteiger partial charge in [0.15, 0.2) is 20.2 Å². The Hall–Kier alpha value is -1.58. The van der Waals surface area contributed by atoms with Crippen molar-refractivity contribution in [2.24, 2.45) is 0 Å². The zero-order valence-electron chi connectivity index (χ0n) is 11.7. The van der Waals surface area contributed by atoms with Crippen molar-refractivity contribution in [3.05, 3.63) is 16.7 Å². The Morgan fingerprint density at radius 1 is 1.68 bits per heavy atom. The molecule has 1 saturated heterocycles. The van der Waals surface area contributed by atoms with E-state index in [-0.39, 0.29) is 30.3 Å². The van der Waals surface area contributed by atoms with Crippen molar-refractivity contribution in [2.45, 2.75) is 24.9 Å². The zero-order chi connectivity index (χ0) is 15.7. The SMILES string of the molecule is COC1C[C@H](n2cnc3c(=O)[nH]c(N)nc32)O[C@@H]1COPO. The van der Waals surface area contributed by atoms with Gasteiger partial charge in [0.25, 0.3) is 5.56 Å². The van der Waals surface area contributed by atoms with E-state index in [1.807, 2.05) is 0 Å². The molecule has 0 aromatic carbocycles. The van der Waals surface area contributed by atoms with E-state index in [1.165, 1.54) is 6.33 Å². The molecule has 0 spiro atoms. The number of rotatable bonds is 5. The van der Waals surface area contributed by atoms with Gasteiger partial charge in [0.2, 0.25) is 5.95 Å². The number of methoxy groups -OCH3 is 1. The molecule has 0 amide bonds. The highest BCUT2D eigenvalue weighted by Crippen LogP contribution is 2.32. The number of ether oxygens (including phenoxy) is 2. The van der Waals surface area contributed by atoms with Crippen LogP contribution in [0.2, 0.25) is 0 Å². The van der Waals surface area contributed by atoms with Gasteiger partial charge in [-0.25, -0.2) is 4.98 Å². The number of nitrogen functional groups attached to an aromatic ring is 1. The number of aromatic nitrogens is 4. The molecular weight excluding hydrogens is 313 g/mol. The van der Waals surface area contributed by atoms with Crippen LogP contribution in [0.5, 0.6) is 0 Å². The van der Waals surface area contributed by atoms with Crippen LogP contribution in [-0.4, -0.2) is 50.3 Å². The fourth-order valence-electron chi connectivity index (χ4n) is 2.54. The smallest absolute Gasteiger partial charge is 0.280 e. The Morgan fingerprint density at radius 2 is 2.50 bits per heavy atom. The minimum Gasteiger partial charge on any atom is -0.378 e. The fraction of sp³-hybridized carbons (Fsp3) is 0.545. The van der Waals surface area contributed by atoms with E-state index >= 15 is 0 Å². The third-order valence-electron chi connectivity index (χ3n) is 3.56. The summed E-state index contributed by atoms with van der Waals surface area (Å²) in [5, 5.41) is 0. The average Bonchev–Trinajstić information content (AvgIpc) is 3.08. The predicted octanol–water partition coefficient (Wildman–Crippen LogP) is -0.478. The van der Waals surface area contributed by atoms with E-state index in [1.54, 1.807) is 11.7 Å². The molecule has 0 radical (unpaired) electrons. The number of imidazole rings is 1. The molecule has 4 atom stereocenters. The number of nitrogens with one attached hydrogen (secondary N) is 1. The number of anilines is 1. The first-order valence-corrected chi connectivity index (χ1v) is 7.41. The van der Waals surface area contributed by atoms with E-state index in [0.29, 0.717) is 12.1 Å². The van der Waals surface area contributed by atoms with Crippen LogP contribution in [0.15, 0.2) is 11.1 Å². The molecule has 3 heterocycles. The standard InChI is InChI=1S/C11H16N5O5P/c1-19-5-2-7(21-6(5)3-20-22-18)16-4-13-8-9(16)14-11(12)15-10(8)17/h4-7,18,22H,2-3H2,1H3,(H3,12,14,15,17)/t5?,6-,7-/m1/s1. The molecule has 1 fully saturated rings. The van der Waals surface area contributed by atoms with Crippen LogP contribution in [0.3, 0.4) is 0 Å². The first-order chi connectivity index (χ1) is 10.6. The molecule has 2 aromatic rings. The number of fused-ring (bicyclic) bond motifs is 1. The molecule has 10 nitrogen and oxygen atoms in total. The number of nitrogens with zero attached hydrogens (tertiary/aromatic N) is 3. The Kier molecular flexibility index (Phi) is 4.37. The highest BCUT2D eigenvalue weighted by Gasteiger charge is 2.37. The third kappa shape index (κ3) is 2.71. The molecule has 4 N–H and O–H groups in total. The maximum atomic E-state index is 11.8. The highest BCUT2D eigenvalue weighted by molar-refractivity contribution is 7.24. The van der Waals surface area contributed by atoms with Gasteiger partial charge in [0.1, 0.15) is 12.3 Å². The van der Waals surface area contributed by atoms with Crippen LogP contribution in [0.1, 0.15) is 12.6 Å². The van der Waals surface area contributed by atoms with Crippen LogP contribution < -0.4 is 11.3 Å². The van der Waals surface area contributed by atoms with E-state index in [4.69, 9.17) is 24.6 Å². The summed E-state index contributed by atoms with van der Waals surface area (Å²) in [6.45, 7) is 0.215. The molecule has 11 heteroatoms. The van der Waals surface area contributed by atoms with Crippen LogP contribution in [-0.2, 0) is 14.0 Å². The van der Waals surface area contributed by atoms with Crippen molar-refractivity contribution in [1.82, 2.24) is 19.5 Å². The number of aromatic amines is 1. The van der Waals surface area contributed by atoms with E-state index in [2.05, 4.69) is 15.0 Å². The lowest BCUT2D eigenvalue weighted by Gasteiger charge is -2.16.